The van der Waals surface area contributed by atoms with Crippen molar-refractivity contribution in [3.8, 4) is 0 Å². The summed E-state index contributed by atoms with van der Waals surface area (Å²) in [5.74, 6) is 0.876. The standard InChI is InChI=1S/C16H24N2O/c1-13(11-14-5-3-2-4-6-14)16(19)18-12-15-7-9-17-10-8-15/h2-6,13,15,17H,7-12H2,1H3,(H,18,19)/t13-/m1/s1. The summed E-state index contributed by atoms with van der Waals surface area (Å²) < 4.78 is 0. The summed E-state index contributed by atoms with van der Waals surface area (Å²) in [7, 11) is 0. The molecule has 0 bridgehead atoms. The molecule has 0 spiro atoms. The highest BCUT2D eigenvalue weighted by Crippen LogP contribution is 2.11. The van der Waals surface area contributed by atoms with Crippen LogP contribution >= 0.6 is 0 Å². The minimum atomic E-state index is 0.0455. The van der Waals surface area contributed by atoms with Crippen LogP contribution in [0.5, 0.6) is 0 Å². The van der Waals surface area contributed by atoms with Crippen LogP contribution in [0, 0.1) is 11.8 Å². The molecule has 3 nitrogen and oxygen atoms in total. The maximum Gasteiger partial charge on any atom is 0.223 e. The molecule has 3 heteroatoms. The Kier molecular flexibility index (Phi) is 5.40. The molecule has 1 saturated heterocycles. The fraction of sp³-hybridized carbons (Fsp3) is 0.562. The molecular weight excluding hydrogens is 236 g/mol. The van der Waals surface area contributed by atoms with Gasteiger partial charge in [-0.1, -0.05) is 37.3 Å². The van der Waals surface area contributed by atoms with Gasteiger partial charge in [0.25, 0.3) is 0 Å². The quantitative estimate of drug-likeness (QED) is 0.850. The molecule has 1 heterocycles. The van der Waals surface area contributed by atoms with Crippen LogP contribution in [0.25, 0.3) is 0 Å². The van der Waals surface area contributed by atoms with E-state index in [2.05, 4.69) is 22.8 Å². The van der Waals surface area contributed by atoms with Gasteiger partial charge in [0.15, 0.2) is 0 Å². The summed E-state index contributed by atoms with van der Waals surface area (Å²) >= 11 is 0. The Morgan fingerprint density at radius 2 is 2.00 bits per heavy atom. The largest absolute Gasteiger partial charge is 0.356 e. The molecular formula is C16H24N2O. The van der Waals surface area contributed by atoms with Crippen molar-refractivity contribution in [2.24, 2.45) is 11.8 Å². The van der Waals surface area contributed by atoms with E-state index in [1.54, 1.807) is 0 Å². The van der Waals surface area contributed by atoms with E-state index in [0.717, 1.165) is 26.1 Å². The van der Waals surface area contributed by atoms with Gasteiger partial charge in [0.1, 0.15) is 0 Å². The van der Waals surface area contributed by atoms with Crippen LogP contribution in [0.2, 0.25) is 0 Å². The van der Waals surface area contributed by atoms with E-state index in [-0.39, 0.29) is 11.8 Å². The molecule has 1 aromatic rings. The Hall–Kier alpha value is -1.35. The summed E-state index contributed by atoms with van der Waals surface area (Å²) in [5.41, 5.74) is 1.23. The topological polar surface area (TPSA) is 41.1 Å². The number of hydrogen-bond donors (Lipinski definition) is 2. The third-order valence-electron chi connectivity index (χ3n) is 3.86. The second-order valence-electron chi connectivity index (χ2n) is 5.53. The SMILES string of the molecule is C[C@H](Cc1ccccc1)C(=O)NCC1CCNCC1. The first kappa shape index (κ1) is 14.1. The third-order valence-corrected chi connectivity index (χ3v) is 3.86. The minimum Gasteiger partial charge on any atom is -0.356 e. The predicted octanol–water partition coefficient (Wildman–Crippen LogP) is 1.98. The highest BCUT2D eigenvalue weighted by molar-refractivity contribution is 5.78. The number of rotatable bonds is 5. The highest BCUT2D eigenvalue weighted by atomic mass is 16.1. The molecule has 2 N–H and O–H groups in total. The van der Waals surface area contributed by atoms with E-state index < -0.39 is 0 Å². The van der Waals surface area contributed by atoms with E-state index in [4.69, 9.17) is 0 Å². The van der Waals surface area contributed by atoms with Crippen LogP contribution in [-0.4, -0.2) is 25.5 Å². The van der Waals surface area contributed by atoms with Gasteiger partial charge < -0.3 is 10.6 Å². The molecule has 1 aliphatic rings. The predicted molar refractivity (Wildman–Crippen MR) is 77.9 cm³/mol. The lowest BCUT2D eigenvalue weighted by molar-refractivity contribution is -0.124. The number of piperidine rings is 1. The molecule has 0 aliphatic carbocycles. The van der Waals surface area contributed by atoms with Crippen molar-refractivity contribution >= 4 is 5.91 Å². The Bertz CT molecular complexity index is 385. The van der Waals surface area contributed by atoms with Gasteiger partial charge in [0.05, 0.1) is 0 Å². The van der Waals surface area contributed by atoms with Gasteiger partial charge in [-0.25, -0.2) is 0 Å². The number of benzene rings is 1. The molecule has 1 aromatic carbocycles. The van der Waals surface area contributed by atoms with Crippen LogP contribution in [0.15, 0.2) is 30.3 Å². The molecule has 0 saturated carbocycles. The Morgan fingerprint density at radius 3 is 2.68 bits per heavy atom. The Labute approximate surface area is 115 Å². The average Bonchev–Trinajstić information content (AvgIpc) is 2.47. The van der Waals surface area contributed by atoms with Crippen LogP contribution in [0.1, 0.15) is 25.3 Å². The normalized spacial score (nSPS) is 17.9. The van der Waals surface area contributed by atoms with Gasteiger partial charge in [-0.3, -0.25) is 4.79 Å². The summed E-state index contributed by atoms with van der Waals surface area (Å²) in [5, 5.41) is 6.45. The summed E-state index contributed by atoms with van der Waals surface area (Å²) in [6, 6.07) is 10.2. The molecule has 2 rings (SSSR count). The van der Waals surface area contributed by atoms with Crippen molar-refractivity contribution in [2.75, 3.05) is 19.6 Å². The van der Waals surface area contributed by atoms with E-state index in [1.807, 2.05) is 25.1 Å². The van der Waals surface area contributed by atoms with Crippen LogP contribution in [0.4, 0.5) is 0 Å². The van der Waals surface area contributed by atoms with Gasteiger partial charge in [-0.2, -0.15) is 0 Å². The first-order valence-electron chi connectivity index (χ1n) is 7.28. The molecule has 1 aliphatic heterocycles. The summed E-state index contributed by atoms with van der Waals surface area (Å²) in [6.45, 7) is 5.00. The lowest BCUT2D eigenvalue weighted by atomic mass is 9.97. The summed E-state index contributed by atoms with van der Waals surface area (Å²) in [6.07, 6.45) is 3.17. The first-order chi connectivity index (χ1) is 9.25. The smallest absolute Gasteiger partial charge is 0.223 e. The maximum absolute atomic E-state index is 12.1. The molecule has 1 fully saturated rings. The number of amides is 1. The van der Waals surface area contributed by atoms with Crippen LogP contribution in [0.3, 0.4) is 0 Å². The first-order valence-corrected chi connectivity index (χ1v) is 7.28. The van der Waals surface area contributed by atoms with Crippen molar-refractivity contribution in [1.29, 1.82) is 0 Å². The van der Waals surface area contributed by atoms with E-state index in [0.29, 0.717) is 5.92 Å². The van der Waals surface area contributed by atoms with Crippen LogP contribution in [-0.2, 0) is 11.2 Å². The van der Waals surface area contributed by atoms with Crippen molar-refractivity contribution in [3.63, 3.8) is 0 Å². The van der Waals surface area contributed by atoms with Crippen molar-refractivity contribution < 1.29 is 4.79 Å². The van der Waals surface area contributed by atoms with Gasteiger partial charge in [0, 0.05) is 12.5 Å². The zero-order valence-electron chi connectivity index (χ0n) is 11.7. The second-order valence-corrected chi connectivity index (χ2v) is 5.53. The number of carbonyl (C=O) groups is 1. The van der Waals surface area contributed by atoms with Crippen molar-refractivity contribution in [3.05, 3.63) is 35.9 Å². The zero-order valence-corrected chi connectivity index (χ0v) is 11.7. The molecule has 0 radical (unpaired) electrons. The molecule has 1 amide bonds. The van der Waals surface area contributed by atoms with E-state index in [1.165, 1.54) is 18.4 Å². The molecule has 0 unspecified atom stereocenters. The molecule has 1 atom stereocenters. The molecule has 19 heavy (non-hydrogen) atoms. The Morgan fingerprint density at radius 1 is 1.32 bits per heavy atom. The molecule has 104 valence electrons. The van der Waals surface area contributed by atoms with Crippen LogP contribution < -0.4 is 10.6 Å². The van der Waals surface area contributed by atoms with Gasteiger partial charge in [-0.15, -0.1) is 0 Å². The van der Waals surface area contributed by atoms with Gasteiger partial charge in [-0.05, 0) is 43.8 Å². The lowest BCUT2D eigenvalue weighted by Crippen LogP contribution is -2.38. The highest BCUT2D eigenvalue weighted by Gasteiger charge is 2.17. The second kappa shape index (κ2) is 7.29. The fourth-order valence-corrected chi connectivity index (χ4v) is 2.57. The zero-order chi connectivity index (χ0) is 13.5. The summed E-state index contributed by atoms with van der Waals surface area (Å²) in [4.78, 5) is 12.1. The van der Waals surface area contributed by atoms with E-state index in [9.17, 15) is 4.79 Å². The van der Waals surface area contributed by atoms with Crippen molar-refractivity contribution in [2.45, 2.75) is 26.2 Å². The van der Waals surface area contributed by atoms with Gasteiger partial charge >= 0.3 is 0 Å². The maximum atomic E-state index is 12.1. The minimum absolute atomic E-state index is 0.0455. The van der Waals surface area contributed by atoms with Gasteiger partial charge in [0.2, 0.25) is 5.91 Å². The fourth-order valence-electron chi connectivity index (χ4n) is 2.57. The molecule has 0 aromatic heterocycles. The lowest BCUT2D eigenvalue weighted by Gasteiger charge is -2.23. The third kappa shape index (κ3) is 4.67. The monoisotopic (exact) mass is 260 g/mol. The average molecular weight is 260 g/mol. The number of hydrogen-bond acceptors (Lipinski definition) is 2. The van der Waals surface area contributed by atoms with E-state index >= 15 is 0 Å². The number of nitrogens with one attached hydrogen (secondary N) is 2. The van der Waals surface area contributed by atoms with Crippen molar-refractivity contribution in [1.82, 2.24) is 10.6 Å². The number of carbonyl (C=O) groups excluding carboxylic acids is 1. The Balaban J connectivity index is 1.73.